The summed E-state index contributed by atoms with van der Waals surface area (Å²) in [4.78, 5) is 34.5. The molecule has 0 saturated heterocycles. The zero-order valence-corrected chi connectivity index (χ0v) is 18.8. The van der Waals surface area contributed by atoms with Gasteiger partial charge in [0.1, 0.15) is 30.2 Å². The fraction of sp³-hybridized carbons (Fsp3) is 0.400. The van der Waals surface area contributed by atoms with Crippen LogP contribution in [-0.2, 0) is 23.9 Å². The molecule has 8 nitrogen and oxygen atoms in total. The average Bonchev–Trinajstić information content (AvgIpc) is 3.05. The van der Waals surface area contributed by atoms with Gasteiger partial charge in [-0.1, -0.05) is 30.4 Å². The van der Waals surface area contributed by atoms with Gasteiger partial charge < -0.3 is 24.4 Å². The number of ketones is 1. The molecule has 1 aliphatic carbocycles. The highest BCUT2D eigenvalue weighted by Crippen LogP contribution is 2.31. The van der Waals surface area contributed by atoms with Gasteiger partial charge in [-0.05, 0) is 49.6 Å². The number of aliphatic hydroxyl groups excluding tert-OH is 1. The average molecular weight is 459 g/mol. The van der Waals surface area contributed by atoms with Crippen LogP contribution in [0.4, 0.5) is 0 Å². The number of hydrogen-bond donors (Lipinski definition) is 2. The Hall–Kier alpha value is -3.23. The Morgan fingerprint density at radius 2 is 1.85 bits per heavy atom. The van der Waals surface area contributed by atoms with Crippen molar-refractivity contribution in [3.05, 3.63) is 66.3 Å². The maximum absolute atomic E-state index is 12.3. The van der Waals surface area contributed by atoms with Gasteiger partial charge in [-0.2, -0.15) is 0 Å². The van der Waals surface area contributed by atoms with Crippen LogP contribution in [0.3, 0.4) is 0 Å². The molecule has 1 aliphatic rings. The highest BCUT2D eigenvalue weighted by Gasteiger charge is 2.36. The molecule has 0 amide bonds. The van der Waals surface area contributed by atoms with E-state index in [2.05, 4.69) is 0 Å². The van der Waals surface area contributed by atoms with E-state index in [0.717, 1.165) is 5.75 Å². The number of unbranched alkanes of at least 4 members (excludes halogenated alkanes) is 1. The van der Waals surface area contributed by atoms with E-state index in [4.69, 9.17) is 14.2 Å². The van der Waals surface area contributed by atoms with Crippen LogP contribution >= 0.6 is 0 Å². The quantitative estimate of drug-likeness (QED) is 0.278. The molecular weight excluding hydrogens is 428 g/mol. The molecule has 0 heterocycles. The fourth-order valence-corrected chi connectivity index (χ4v) is 3.25. The Balaban J connectivity index is 1.95. The summed E-state index contributed by atoms with van der Waals surface area (Å²) in [5.74, 6) is -0.765. The highest BCUT2D eigenvalue weighted by molar-refractivity contribution is 6.09. The van der Waals surface area contributed by atoms with Gasteiger partial charge in [-0.15, -0.1) is 0 Å². The Bertz CT molecular complexity index is 902. The summed E-state index contributed by atoms with van der Waals surface area (Å²) in [7, 11) is 0. The van der Waals surface area contributed by atoms with Gasteiger partial charge in [-0.3, -0.25) is 14.4 Å². The van der Waals surface area contributed by atoms with Gasteiger partial charge >= 0.3 is 11.9 Å². The van der Waals surface area contributed by atoms with E-state index >= 15 is 0 Å². The molecule has 2 N–H and O–H groups in total. The third kappa shape index (κ3) is 8.67. The molecule has 3 atom stereocenters. The van der Waals surface area contributed by atoms with Crippen LogP contribution < -0.4 is 4.74 Å². The fourth-order valence-electron chi connectivity index (χ4n) is 3.25. The van der Waals surface area contributed by atoms with Crippen LogP contribution in [0.25, 0.3) is 0 Å². The second-order valence-corrected chi connectivity index (χ2v) is 7.65. The van der Waals surface area contributed by atoms with Crippen LogP contribution in [0.5, 0.6) is 5.75 Å². The molecule has 2 rings (SSSR count). The predicted molar refractivity (Wildman–Crippen MR) is 120 cm³/mol. The Morgan fingerprint density at radius 3 is 2.52 bits per heavy atom. The van der Waals surface area contributed by atoms with Crippen molar-refractivity contribution in [2.45, 2.75) is 50.9 Å². The lowest BCUT2D eigenvalue weighted by molar-refractivity contribution is -0.154. The van der Waals surface area contributed by atoms with Crippen molar-refractivity contribution in [3.63, 3.8) is 0 Å². The van der Waals surface area contributed by atoms with Crippen molar-refractivity contribution in [1.29, 1.82) is 0 Å². The topological polar surface area (TPSA) is 119 Å². The Labute approximate surface area is 193 Å². The lowest BCUT2D eigenvalue weighted by atomic mass is 9.90. The molecule has 0 spiro atoms. The van der Waals surface area contributed by atoms with E-state index < -0.39 is 29.7 Å². The van der Waals surface area contributed by atoms with E-state index in [1.807, 2.05) is 30.3 Å². The normalized spacial score (nSPS) is 20.7. The lowest BCUT2D eigenvalue weighted by Gasteiger charge is -2.22. The maximum Gasteiger partial charge on any atom is 0.303 e. The molecule has 178 valence electrons. The SMILES string of the molecule is CC(=O)OC[C@@H](O)[C@H](C=CC=C1C(=O)C=CC1(O)CCCCOc1ccccc1)OC(C)=O. The molecule has 0 aromatic heterocycles. The summed E-state index contributed by atoms with van der Waals surface area (Å²) >= 11 is 0. The molecule has 0 radical (unpaired) electrons. The number of allylic oxidation sites excluding steroid dienone is 3. The standard InChI is InChI=1S/C25H30O8/c1-18(26)32-17-23(29)24(33-19(2)27)12-8-11-21-22(28)13-15-25(21,30)14-6-7-16-31-20-9-4-3-5-10-20/h3-5,8-13,15,23-24,29-30H,6-7,14,16-17H2,1-2H3/t23-,24+,25?/m1/s1. The molecule has 0 aliphatic heterocycles. The molecule has 0 saturated carbocycles. The monoisotopic (exact) mass is 458 g/mol. The Morgan fingerprint density at radius 1 is 1.12 bits per heavy atom. The number of rotatable bonds is 12. The largest absolute Gasteiger partial charge is 0.494 e. The molecule has 1 aromatic carbocycles. The van der Waals surface area contributed by atoms with Crippen LogP contribution in [0.15, 0.2) is 66.3 Å². The maximum atomic E-state index is 12.3. The van der Waals surface area contributed by atoms with Gasteiger partial charge in [0.05, 0.1) is 6.61 Å². The second kappa shape index (κ2) is 12.7. The predicted octanol–water partition coefficient (Wildman–Crippen LogP) is 2.44. The van der Waals surface area contributed by atoms with Crippen LogP contribution in [-0.4, -0.2) is 59.0 Å². The summed E-state index contributed by atoms with van der Waals surface area (Å²) in [6.07, 6.45) is 6.27. The van der Waals surface area contributed by atoms with E-state index in [9.17, 15) is 24.6 Å². The number of para-hydroxylation sites is 1. The number of carbonyl (C=O) groups is 3. The molecule has 1 aromatic rings. The summed E-state index contributed by atoms with van der Waals surface area (Å²) in [5.41, 5.74) is -1.24. The van der Waals surface area contributed by atoms with Gasteiger partial charge in [0, 0.05) is 19.4 Å². The van der Waals surface area contributed by atoms with Crippen molar-refractivity contribution < 1.29 is 38.8 Å². The zero-order chi connectivity index (χ0) is 24.3. The summed E-state index contributed by atoms with van der Waals surface area (Å²) < 4.78 is 15.4. The third-order valence-electron chi connectivity index (χ3n) is 4.91. The molecular formula is C25H30O8. The van der Waals surface area contributed by atoms with Gasteiger partial charge in [0.2, 0.25) is 0 Å². The van der Waals surface area contributed by atoms with Crippen molar-refractivity contribution in [3.8, 4) is 5.75 Å². The van der Waals surface area contributed by atoms with E-state index in [1.165, 1.54) is 44.2 Å². The summed E-state index contributed by atoms with van der Waals surface area (Å²) in [6, 6.07) is 9.41. The second-order valence-electron chi connectivity index (χ2n) is 7.65. The summed E-state index contributed by atoms with van der Waals surface area (Å²) in [5, 5.41) is 21.1. The van der Waals surface area contributed by atoms with Crippen molar-refractivity contribution in [2.24, 2.45) is 0 Å². The van der Waals surface area contributed by atoms with Crippen molar-refractivity contribution in [2.75, 3.05) is 13.2 Å². The molecule has 33 heavy (non-hydrogen) atoms. The molecule has 8 heteroatoms. The molecule has 0 fully saturated rings. The molecule has 1 unspecified atom stereocenters. The van der Waals surface area contributed by atoms with Gasteiger partial charge in [0.25, 0.3) is 0 Å². The minimum atomic E-state index is -1.42. The van der Waals surface area contributed by atoms with Crippen LogP contribution in [0.2, 0.25) is 0 Å². The van der Waals surface area contributed by atoms with E-state index in [0.29, 0.717) is 25.9 Å². The van der Waals surface area contributed by atoms with Gasteiger partial charge in [0.15, 0.2) is 5.78 Å². The zero-order valence-electron chi connectivity index (χ0n) is 18.8. The van der Waals surface area contributed by atoms with Crippen LogP contribution in [0, 0.1) is 0 Å². The highest BCUT2D eigenvalue weighted by atomic mass is 16.6. The number of hydrogen-bond acceptors (Lipinski definition) is 8. The Kier molecular flexibility index (Phi) is 10.0. The lowest BCUT2D eigenvalue weighted by Crippen LogP contribution is -2.33. The molecule has 0 bridgehead atoms. The third-order valence-corrected chi connectivity index (χ3v) is 4.91. The minimum Gasteiger partial charge on any atom is -0.494 e. The van der Waals surface area contributed by atoms with Gasteiger partial charge in [-0.25, -0.2) is 0 Å². The van der Waals surface area contributed by atoms with Crippen molar-refractivity contribution >= 4 is 17.7 Å². The van der Waals surface area contributed by atoms with E-state index in [1.54, 1.807) is 0 Å². The first kappa shape index (κ1) is 26.0. The van der Waals surface area contributed by atoms with E-state index in [-0.39, 0.29) is 18.0 Å². The summed E-state index contributed by atoms with van der Waals surface area (Å²) in [6.45, 7) is 2.51. The van der Waals surface area contributed by atoms with Crippen LogP contribution in [0.1, 0.15) is 33.1 Å². The number of carbonyl (C=O) groups excluding carboxylic acids is 3. The number of benzene rings is 1. The number of aliphatic hydroxyl groups is 2. The first-order chi connectivity index (χ1) is 15.7. The first-order valence-corrected chi connectivity index (χ1v) is 10.7. The number of ether oxygens (including phenoxy) is 3. The minimum absolute atomic E-state index is 0.179. The first-order valence-electron chi connectivity index (χ1n) is 10.7. The van der Waals surface area contributed by atoms with Crippen molar-refractivity contribution in [1.82, 2.24) is 0 Å². The smallest absolute Gasteiger partial charge is 0.303 e. The number of esters is 2.